The van der Waals surface area contributed by atoms with Crippen LogP contribution in [-0.4, -0.2) is 36.2 Å². The number of oxime groups is 1. The molecule has 2 unspecified atom stereocenters. The van der Waals surface area contributed by atoms with Gasteiger partial charge in [0.1, 0.15) is 5.71 Å². The van der Waals surface area contributed by atoms with E-state index in [1.54, 1.807) is 0 Å². The molecule has 0 saturated carbocycles. The molecule has 1 aromatic heterocycles. The fourth-order valence-electron chi connectivity index (χ4n) is 3.78. The van der Waals surface area contributed by atoms with Gasteiger partial charge in [-0.2, -0.15) is 0 Å². The molecule has 142 valence electrons. The molecule has 0 spiro atoms. The van der Waals surface area contributed by atoms with Crippen LogP contribution in [0.15, 0.2) is 53.0 Å². The van der Waals surface area contributed by atoms with E-state index >= 15 is 0 Å². The Balaban J connectivity index is 1.23. The average molecular weight is 384 g/mol. The molecule has 1 N–H and O–H groups in total. The lowest BCUT2D eigenvalue weighted by atomic mass is 9.97. The van der Waals surface area contributed by atoms with Crippen LogP contribution in [0.1, 0.15) is 35.8 Å². The fourth-order valence-corrected chi connectivity index (χ4v) is 4.53. The minimum Gasteiger partial charge on any atom is -0.387 e. The van der Waals surface area contributed by atoms with Crippen LogP contribution in [0.4, 0.5) is 0 Å². The van der Waals surface area contributed by atoms with Gasteiger partial charge in [-0.1, -0.05) is 41.6 Å². The number of piperidine rings is 1. The first-order valence-electron chi connectivity index (χ1n) is 9.58. The zero-order valence-corrected chi connectivity index (χ0v) is 16.2. The number of hydrogen-bond acceptors (Lipinski definition) is 5. The molecule has 1 saturated heterocycles. The molecule has 0 aliphatic carbocycles. The quantitative estimate of drug-likeness (QED) is 0.829. The molecule has 6 heteroatoms. The minimum absolute atomic E-state index is 0.0937. The van der Waals surface area contributed by atoms with Gasteiger partial charge in [-0.15, -0.1) is 11.3 Å². The second-order valence-electron chi connectivity index (χ2n) is 7.28. The summed E-state index contributed by atoms with van der Waals surface area (Å²) in [6.45, 7) is 3.89. The lowest BCUT2D eigenvalue weighted by Gasteiger charge is -2.32. The van der Waals surface area contributed by atoms with Crippen molar-refractivity contribution in [2.75, 3.05) is 19.6 Å². The molecule has 0 bridgehead atoms. The van der Waals surface area contributed by atoms with Crippen molar-refractivity contribution in [2.45, 2.75) is 31.9 Å². The van der Waals surface area contributed by atoms with Crippen LogP contribution < -0.4 is 5.32 Å². The van der Waals surface area contributed by atoms with Crippen molar-refractivity contribution in [2.24, 2.45) is 11.1 Å². The monoisotopic (exact) mass is 383 g/mol. The van der Waals surface area contributed by atoms with Gasteiger partial charge in [0.25, 0.3) is 5.91 Å². The molecular formula is C21H25N3O2S. The van der Waals surface area contributed by atoms with E-state index in [2.05, 4.69) is 32.9 Å². The van der Waals surface area contributed by atoms with Gasteiger partial charge in [-0.05, 0) is 42.3 Å². The summed E-state index contributed by atoms with van der Waals surface area (Å²) in [5.74, 6) is 0.402. The van der Waals surface area contributed by atoms with E-state index < -0.39 is 0 Å². The summed E-state index contributed by atoms with van der Waals surface area (Å²) in [6.07, 6.45) is 2.73. The van der Waals surface area contributed by atoms with Crippen molar-refractivity contribution in [3.05, 3.63) is 58.3 Å². The summed E-state index contributed by atoms with van der Waals surface area (Å²) in [4.78, 5) is 21.8. The highest BCUT2D eigenvalue weighted by Gasteiger charge is 2.28. The van der Waals surface area contributed by atoms with Gasteiger partial charge in [0, 0.05) is 30.9 Å². The van der Waals surface area contributed by atoms with Crippen molar-refractivity contribution in [3.8, 4) is 0 Å². The van der Waals surface area contributed by atoms with Crippen LogP contribution in [0.3, 0.4) is 0 Å². The highest BCUT2D eigenvalue weighted by Crippen LogP contribution is 2.27. The van der Waals surface area contributed by atoms with Crippen LogP contribution in [-0.2, 0) is 16.2 Å². The largest absolute Gasteiger partial charge is 0.387 e. The van der Waals surface area contributed by atoms with Gasteiger partial charge in [0.2, 0.25) is 0 Å². The van der Waals surface area contributed by atoms with Gasteiger partial charge in [0.15, 0.2) is 6.10 Å². The Bertz CT molecular complexity index is 776. The average Bonchev–Trinajstić information content (AvgIpc) is 3.39. The predicted octanol–water partition coefficient (Wildman–Crippen LogP) is 3.59. The molecule has 2 aromatic rings. The Hall–Kier alpha value is -2.18. The first-order chi connectivity index (χ1) is 13.3. The summed E-state index contributed by atoms with van der Waals surface area (Å²) >= 11 is 1.81. The third-order valence-corrected chi connectivity index (χ3v) is 6.08. The van der Waals surface area contributed by atoms with Crippen LogP contribution in [0, 0.1) is 5.92 Å². The molecule has 1 aromatic carbocycles. The van der Waals surface area contributed by atoms with Crippen LogP contribution in [0.25, 0.3) is 0 Å². The number of benzene rings is 1. The number of amides is 1. The molecule has 27 heavy (non-hydrogen) atoms. The van der Waals surface area contributed by atoms with E-state index in [0.717, 1.165) is 31.6 Å². The van der Waals surface area contributed by atoms with Crippen LogP contribution >= 0.6 is 11.3 Å². The van der Waals surface area contributed by atoms with Gasteiger partial charge in [-0.3, -0.25) is 9.69 Å². The Morgan fingerprint density at radius 3 is 2.96 bits per heavy atom. The molecule has 0 radical (unpaired) electrons. The van der Waals surface area contributed by atoms with E-state index in [1.807, 2.05) is 41.7 Å². The fraction of sp³-hybridized carbons (Fsp3) is 0.429. The number of hydrogen-bond donors (Lipinski definition) is 1. The summed E-state index contributed by atoms with van der Waals surface area (Å²) in [5.41, 5.74) is 1.55. The summed E-state index contributed by atoms with van der Waals surface area (Å²) in [5, 5.41) is 9.22. The van der Waals surface area contributed by atoms with Crippen molar-refractivity contribution in [3.63, 3.8) is 0 Å². The Morgan fingerprint density at radius 1 is 1.26 bits per heavy atom. The zero-order chi connectivity index (χ0) is 18.5. The maximum absolute atomic E-state index is 12.5. The number of carbonyl (C=O) groups excluding carboxylic acids is 1. The predicted molar refractivity (Wildman–Crippen MR) is 108 cm³/mol. The van der Waals surface area contributed by atoms with Gasteiger partial charge >= 0.3 is 0 Å². The Morgan fingerprint density at radius 2 is 2.15 bits per heavy atom. The molecule has 5 nitrogen and oxygen atoms in total. The van der Waals surface area contributed by atoms with E-state index in [9.17, 15) is 4.79 Å². The number of nitrogens with zero attached hydrogens (tertiary/aromatic N) is 2. The number of rotatable bonds is 6. The molecule has 1 fully saturated rings. The highest BCUT2D eigenvalue weighted by molar-refractivity contribution is 7.09. The van der Waals surface area contributed by atoms with Gasteiger partial charge < -0.3 is 10.2 Å². The zero-order valence-electron chi connectivity index (χ0n) is 15.3. The standard InChI is InChI=1S/C21H25N3O2S/c25-21(19-12-20(26-23-19)17-7-2-1-3-8-17)22-13-16-6-4-10-24(14-16)15-18-9-5-11-27-18/h1-3,5,7-9,11,16,20H,4,6,10,12-15H2,(H,22,25). The normalized spacial score (nSPS) is 22.9. The second kappa shape index (κ2) is 8.67. The summed E-state index contributed by atoms with van der Waals surface area (Å²) < 4.78 is 0. The Labute approximate surface area is 164 Å². The summed E-state index contributed by atoms with van der Waals surface area (Å²) in [6, 6.07) is 14.2. The van der Waals surface area contributed by atoms with E-state index in [1.165, 1.54) is 11.3 Å². The first-order valence-corrected chi connectivity index (χ1v) is 10.5. The molecule has 2 aliphatic heterocycles. The SMILES string of the molecule is O=C(NCC1CCCN(Cc2cccs2)C1)C1=NOC(c2ccccc2)C1. The molecule has 2 aliphatic rings. The van der Waals surface area contributed by atoms with Crippen molar-refractivity contribution >= 4 is 23.0 Å². The minimum atomic E-state index is -0.150. The third kappa shape index (κ3) is 4.76. The third-order valence-electron chi connectivity index (χ3n) is 5.22. The smallest absolute Gasteiger partial charge is 0.269 e. The summed E-state index contributed by atoms with van der Waals surface area (Å²) in [7, 11) is 0. The molecular weight excluding hydrogens is 358 g/mol. The van der Waals surface area contributed by atoms with Gasteiger partial charge in [-0.25, -0.2) is 0 Å². The molecule has 2 atom stereocenters. The van der Waals surface area contributed by atoms with E-state index in [4.69, 9.17) is 4.84 Å². The number of thiophene rings is 1. The van der Waals surface area contributed by atoms with E-state index in [0.29, 0.717) is 24.6 Å². The van der Waals surface area contributed by atoms with Crippen molar-refractivity contribution in [1.29, 1.82) is 0 Å². The highest BCUT2D eigenvalue weighted by atomic mass is 32.1. The maximum atomic E-state index is 12.5. The van der Waals surface area contributed by atoms with Gasteiger partial charge in [0.05, 0.1) is 0 Å². The number of nitrogens with one attached hydrogen (secondary N) is 1. The lowest BCUT2D eigenvalue weighted by molar-refractivity contribution is -0.115. The lowest BCUT2D eigenvalue weighted by Crippen LogP contribution is -2.41. The number of likely N-dealkylation sites (tertiary alicyclic amines) is 1. The van der Waals surface area contributed by atoms with Crippen LogP contribution in [0.5, 0.6) is 0 Å². The second-order valence-corrected chi connectivity index (χ2v) is 8.31. The topological polar surface area (TPSA) is 53.9 Å². The number of carbonyl (C=O) groups is 1. The van der Waals surface area contributed by atoms with E-state index in [-0.39, 0.29) is 12.0 Å². The van der Waals surface area contributed by atoms with Crippen molar-refractivity contribution < 1.29 is 9.63 Å². The van der Waals surface area contributed by atoms with Crippen LogP contribution in [0.2, 0.25) is 0 Å². The maximum Gasteiger partial charge on any atom is 0.269 e. The Kier molecular flexibility index (Phi) is 5.84. The first kappa shape index (κ1) is 18.2. The van der Waals surface area contributed by atoms with Crippen molar-refractivity contribution in [1.82, 2.24) is 10.2 Å². The molecule has 1 amide bonds. The molecule has 4 rings (SSSR count). The molecule has 3 heterocycles.